The van der Waals surface area contributed by atoms with E-state index in [9.17, 15) is 4.79 Å². The number of amidine groups is 1. The molecule has 0 atom stereocenters. The van der Waals surface area contributed by atoms with Gasteiger partial charge >= 0.3 is 0 Å². The quantitative estimate of drug-likeness (QED) is 0.499. The minimum Gasteiger partial charge on any atom is -0.287 e. The molecule has 0 spiro atoms. The lowest BCUT2D eigenvalue weighted by molar-refractivity contribution is -0.122. The van der Waals surface area contributed by atoms with Gasteiger partial charge in [0, 0.05) is 18.1 Å². The van der Waals surface area contributed by atoms with Crippen LogP contribution in [0.1, 0.15) is 45.1 Å². The van der Waals surface area contributed by atoms with Crippen LogP contribution in [0.3, 0.4) is 0 Å². The Kier molecular flexibility index (Phi) is 7.18. The number of benzene rings is 1. The average Bonchev–Trinajstić information content (AvgIpc) is 2.83. The van der Waals surface area contributed by atoms with Crippen molar-refractivity contribution in [1.82, 2.24) is 4.90 Å². The standard InChI is InChI=1S/C18H23ClN2OS/c1-3-5-11-20-18-21(12-6-4-2)17(22)16(23-18)13-14-7-9-15(19)10-8-14/h7-10,13H,3-6,11-12H2,1-2H3/b16-13-,20-18?. The van der Waals surface area contributed by atoms with Crippen molar-refractivity contribution in [2.75, 3.05) is 13.1 Å². The zero-order chi connectivity index (χ0) is 16.7. The molecule has 0 saturated carbocycles. The molecule has 124 valence electrons. The molecule has 1 aliphatic rings. The molecule has 0 bridgehead atoms. The first-order chi connectivity index (χ1) is 11.2. The van der Waals surface area contributed by atoms with Crippen LogP contribution in [0.5, 0.6) is 0 Å². The molecule has 5 heteroatoms. The highest BCUT2D eigenvalue weighted by Crippen LogP contribution is 2.33. The van der Waals surface area contributed by atoms with Crippen molar-refractivity contribution in [3.8, 4) is 0 Å². The SMILES string of the molecule is CCCCN=C1S/C(=C\c2ccc(Cl)cc2)C(=O)N1CCCC. The van der Waals surface area contributed by atoms with Crippen LogP contribution in [0, 0.1) is 0 Å². The summed E-state index contributed by atoms with van der Waals surface area (Å²) in [6, 6.07) is 7.52. The topological polar surface area (TPSA) is 32.7 Å². The Morgan fingerprint density at radius 3 is 2.52 bits per heavy atom. The summed E-state index contributed by atoms with van der Waals surface area (Å²) in [5.74, 6) is 0.0636. The molecule has 0 unspecified atom stereocenters. The summed E-state index contributed by atoms with van der Waals surface area (Å²) in [6.45, 7) is 5.80. The van der Waals surface area contributed by atoms with E-state index in [0.717, 1.165) is 54.4 Å². The number of carbonyl (C=O) groups is 1. The van der Waals surface area contributed by atoms with Crippen LogP contribution in [0.4, 0.5) is 0 Å². The zero-order valence-electron chi connectivity index (χ0n) is 13.7. The molecule has 1 aromatic carbocycles. The molecular formula is C18H23ClN2OS. The minimum atomic E-state index is 0.0636. The van der Waals surface area contributed by atoms with E-state index in [1.165, 1.54) is 11.8 Å². The van der Waals surface area contributed by atoms with Crippen LogP contribution in [0.15, 0.2) is 34.2 Å². The maximum atomic E-state index is 12.7. The van der Waals surface area contributed by atoms with Gasteiger partial charge in [-0.15, -0.1) is 0 Å². The number of thioether (sulfide) groups is 1. The fourth-order valence-electron chi connectivity index (χ4n) is 2.18. The van der Waals surface area contributed by atoms with E-state index in [1.54, 1.807) is 0 Å². The van der Waals surface area contributed by atoms with Crippen LogP contribution in [-0.4, -0.2) is 29.1 Å². The van der Waals surface area contributed by atoms with Gasteiger partial charge in [0.25, 0.3) is 5.91 Å². The lowest BCUT2D eigenvalue weighted by atomic mass is 10.2. The molecule has 1 saturated heterocycles. The van der Waals surface area contributed by atoms with Gasteiger partial charge < -0.3 is 0 Å². The van der Waals surface area contributed by atoms with Crippen LogP contribution >= 0.6 is 23.4 Å². The molecule has 1 fully saturated rings. The Hall–Kier alpha value is -1.26. The van der Waals surface area contributed by atoms with Crippen molar-refractivity contribution in [2.45, 2.75) is 39.5 Å². The first-order valence-electron chi connectivity index (χ1n) is 8.17. The van der Waals surface area contributed by atoms with Crippen molar-refractivity contribution in [1.29, 1.82) is 0 Å². The lowest BCUT2D eigenvalue weighted by Gasteiger charge is -2.14. The molecule has 0 aromatic heterocycles. The molecule has 1 aliphatic heterocycles. The van der Waals surface area contributed by atoms with Crippen LogP contribution in [0.25, 0.3) is 6.08 Å². The number of hydrogen-bond donors (Lipinski definition) is 0. The molecule has 3 nitrogen and oxygen atoms in total. The predicted octanol–water partition coefficient (Wildman–Crippen LogP) is 5.21. The van der Waals surface area contributed by atoms with E-state index in [-0.39, 0.29) is 5.91 Å². The monoisotopic (exact) mass is 350 g/mol. The van der Waals surface area contributed by atoms with Gasteiger partial charge in [0.15, 0.2) is 5.17 Å². The smallest absolute Gasteiger partial charge is 0.266 e. The number of unbranched alkanes of at least 4 members (excludes halogenated alkanes) is 2. The molecule has 0 aliphatic carbocycles. The highest BCUT2D eigenvalue weighted by Gasteiger charge is 2.32. The van der Waals surface area contributed by atoms with Gasteiger partial charge in [-0.25, -0.2) is 0 Å². The van der Waals surface area contributed by atoms with E-state index in [0.29, 0.717) is 5.02 Å². The summed E-state index contributed by atoms with van der Waals surface area (Å²) in [7, 11) is 0. The second kappa shape index (κ2) is 9.14. The first-order valence-corrected chi connectivity index (χ1v) is 9.36. The Balaban J connectivity index is 2.19. The highest BCUT2D eigenvalue weighted by atomic mass is 35.5. The summed E-state index contributed by atoms with van der Waals surface area (Å²) in [5, 5.41) is 1.54. The maximum absolute atomic E-state index is 12.7. The third-order valence-electron chi connectivity index (χ3n) is 3.55. The lowest BCUT2D eigenvalue weighted by Crippen LogP contribution is -2.30. The third kappa shape index (κ3) is 5.11. The van der Waals surface area contributed by atoms with E-state index >= 15 is 0 Å². The zero-order valence-corrected chi connectivity index (χ0v) is 15.3. The van der Waals surface area contributed by atoms with Crippen LogP contribution < -0.4 is 0 Å². The van der Waals surface area contributed by atoms with E-state index in [1.807, 2.05) is 35.2 Å². The largest absolute Gasteiger partial charge is 0.287 e. The van der Waals surface area contributed by atoms with Gasteiger partial charge in [-0.2, -0.15) is 0 Å². The molecular weight excluding hydrogens is 328 g/mol. The van der Waals surface area contributed by atoms with Crippen molar-refractivity contribution in [3.05, 3.63) is 39.8 Å². The average molecular weight is 351 g/mol. The number of carbonyl (C=O) groups excluding carboxylic acids is 1. The van der Waals surface area contributed by atoms with Crippen LogP contribution in [0.2, 0.25) is 5.02 Å². The molecule has 0 radical (unpaired) electrons. The summed E-state index contributed by atoms with van der Waals surface area (Å²) in [5.41, 5.74) is 0.982. The molecule has 1 aromatic rings. The van der Waals surface area contributed by atoms with Crippen molar-refractivity contribution < 1.29 is 4.79 Å². The number of amides is 1. The second-order valence-electron chi connectivity index (χ2n) is 5.49. The number of aliphatic imine (C=N–C) groups is 1. The molecule has 23 heavy (non-hydrogen) atoms. The molecule has 0 N–H and O–H groups in total. The Labute approximate surface area is 147 Å². The Bertz CT molecular complexity index is 596. The Morgan fingerprint density at radius 2 is 1.87 bits per heavy atom. The number of nitrogens with zero attached hydrogens (tertiary/aromatic N) is 2. The van der Waals surface area contributed by atoms with Crippen molar-refractivity contribution >= 4 is 40.5 Å². The van der Waals surface area contributed by atoms with Gasteiger partial charge in [-0.05, 0) is 48.4 Å². The Morgan fingerprint density at radius 1 is 1.17 bits per heavy atom. The molecule has 1 amide bonds. The van der Waals surface area contributed by atoms with E-state index in [4.69, 9.17) is 11.6 Å². The summed E-state index contributed by atoms with van der Waals surface area (Å²) >= 11 is 7.39. The van der Waals surface area contributed by atoms with Crippen molar-refractivity contribution in [3.63, 3.8) is 0 Å². The molecule has 2 rings (SSSR count). The minimum absolute atomic E-state index is 0.0636. The number of hydrogen-bond acceptors (Lipinski definition) is 3. The summed E-state index contributed by atoms with van der Waals surface area (Å²) in [6.07, 6.45) is 6.14. The second-order valence-corrected chi connectivity index (χ2v) is 6.94. The maximum Gasteiger partial charge on any atom is 0.266 e. The van der Waals surface area contributed by atoms with Gasteiger partial charge in [-0.3, -0.25) is 14.7 Å². The van der Waals surface area contributed by atoms with Crippen molar-refractivity contribution in [2.24, 2.45) is 4.99 Å². The normalized spacial score (nSPS) is 18.4. The van der Waals surface area contributed by atoms with Gasteiger partial charge in [0.1, 0.15) is 0 Å². The predicted molar refractivity (Wildman–Crippen MR) is 101 cm³/mol. The third-order valence-corrected chi connectivity index (χ3v) is 4.85. The van der Waals surface area contributed by atoms with Gasteiger partial charge in [0.05, 0.1) is 4.91 Å². The molecule has 1 heterocycles. The number of halogens is 1. The van der Waals surface area contributed by atoms with E-state index in [2.05, 4.69) is 18.8 Å². The fourth-order valence-corrected chi connectivity index (χ4v) is 3.34. The summed E-state index contributed by atoms with van der Waals surface area (Å²) in [4.78, 5) is 19.8. The van der Waals surface area contributed by atoms with Gasteiger partial charge in [0.2, 0.25) is 0 Å². The highest BCUT2D eigenvalue weighted by molar-refractivity contribution is 8.18. The van der Waals surface area contributed by atoms with Crippen LogP contribution in [-0.2, 0) is 4.79 Å². The fraction of sp³-hybridized carbons (Fsp3) is 0.444. The van der Waals surface area contributed by atoms with Gasteiger partial charge in [-0.1, -0.05) is 50.4 Å². The number of rotatable bonds is 7. The summed E-state index contributed by atoms with van der Waals surface area (Å²) < 4.78 is 0. The first kappa shape index (κ1) is 18.1. The van der Waals surface area contributed by atoms with E-state index < -0.39 is 0 Å².